The number of nitrogens with zero attached hydrogens (tertiary/aromatic N) is 2. The van der Waals surface area contributed by atoms with Crippen LogP contribution in [-0.4, -0.2) is 56.1 Å². The highest BCUT2D eigenvalue weighted by atomic mass is 15.2. The molecule has 72 valence electrons. The third-order valence-electron chi connectivity index (χ3n) is 2.61. The Hall–Kier alpha value is -0.120. The van der Waals surface area contributed by atoms with E-state index >= 15 is 0 Å². The fourth-order valence-corrected chi connectivity index (χ4v) is 1.78. The van der Waals surface area contributed by atoms with Gasteiger partial charge in [-0.1, -0.05) is 0 Å². The quantitative estimate of drug-likeness (QED) is 0.645. The zero-order valence-corrected chi connectivity index (χ0v) is 8.29. The van der Waals surface area contributed by atoms with E-state index in [0.717, 1.165) is 13.1 Å². The summed E-state index contributed by atoms with van der Waals surface area (Å²) in [6.07, 6.45) is 2.62. The van der Waals surface area contributed by atoms with Gasteiger partial charge in [0.25, 0.3) is 0 Å². The molecule has 0 aliphatic carbocycles. The molecule has 12 heavy (non-hydrogen) atoms. The van der Waals surface area contributed by atoms with Crippen molar-refractivity contribution in [2.24, 2.45) is 5.73 Å². The van der Waals surface area contributed by atoms with Gasteiger partial charge < -0.3 is 10.6 Å². The molecule has 0 radical (unpaired) electrons. The van der Waals surface area contributed by atoms with Crippen molar-refractivity contribution in [3.8, 4) is 0 Å². The molecule has 3 nitrogen and oxygen atoms in total. The molecule has 0 saturated carbocycles. The predicted molar refractivity (Wildman–Crippen MR) is 52.2 cm³/mol. The zero-order valence-electron chi connectivity index (χ0n) is 8.29. The number of rotatable bonds is 4. The first-order valence-corrected chi connectivity index (χ1v) is 4.83. The van der Waals surface area contributed by atoms with E-state index in [4.69, 9.17) is 5.73 Å². The third-order valence-corrected chi connectivity index (χ3v) is 2.61. The second-order valence-corrected chi connectivity index (χ2v) is 3.87. The summed E-state index contributed by atoms with van der Waals surface area (Å²) < 4.78 is 0. The average molecular weight is 171 g/mol. The average Bonchev–Trinajstić information content (AvgIpc) is 2.47. The highest BCUT2D eigenvalue weighted by Gasteiger charge is 2.22. The SMILES string of the molecule is CN(C)CCN1CCC[C@H]1CN. The van der Waals surface area contributed by atoms with Crippen molar-refractivity contribution in [1.82, 2.24) is 9.80 Å². The maximum absolute atomic E-state index is 5.68. The van der Waals surface area contributed by atoms with Crippen LogP contribution in [0.5, 0.6) is 0 Å². The van der Waals surface area contributed by atoms with Crippen LogP contribution in [-0.2, 0) is 0 Å². The van der Waals surface area contributed by atoms with Crippen LogP contribution >= 0.6 is 0 Å². The molecule has 3 heteroatoms. The van der Waals surface area contributed by atoms with Crippen molar-refractivity contribution in [1.29, 1.82) is 0 Å². The van der Waals surface area contributed by atoms with Crippen LogP contribution in [0.3, 0.4) is 0 Å². The van der Waals surface area contributed by atoms with Crippen LogP contribution in [0.2, 0.25) is 0 Å². The van der Waals surface area contributed by atoms with Gasteiger partial charge in [0.2, 0.25) is 0 Å². The molecule has 1 saturated heterocycles. The molecule has 0 amide bonds. The number of hydrogen-bond donors (Lipinski definition) is 1. The third kappa shape index (κ3) is 2.73. The first-order valence-electron chi connectivity index (χ1n) is 4.83. The molecule has 1 heterocycles. The topological polar surface area (TPSA) is 32.5 Å². The Balaban J connectivity index is 2.21. The van der Waals surface area contributed by atoms with Gasteiger partial charge in [-0.2, -0.15) is 0 Å². The van der Waals surface area contributed by atoms with Gasteiger partial charge in [0.05, 0.1) is 0 Å². The summed E-state index contributed by atoms with van der Waals surface area (Å²) >= 11 is 0. The smallest absolute Gasteiger partial charge is 0.0219 e. The molecule has 1 aliphatic rings. The van der Waals surface area contributed by atoms with Crippen molar-refractivity contribution in [3.63, 3.8) is 0 Å². The molecule has 0 aromatic carbocycles. The minimum absolute atomic E-state index is 0.657. The largest absolute Gasteiger partial charge is 0.329 e. The molecule has 2 N–H and O–H groups in total. The van der Waals surface area contributed by atoms with Crippen LogP contribution in [0.4, 0.5) is 0 Å². The molecule has 0 aromatic heterocycles. The van der Waals surface area contributed by atoms with Gasteiger partial charge >= 0.3 is 0 Å². The molecule has 0 spiro atoms. The van der Waals surface area contributed by atoms with E-state index in [-0.39, 0.29) is 0 Å². The molecule has 0 bridgehead atoms. The summed E-state index contributed by atoms with van der Waals surface area (Å²) in [6.45, 7) is 4.40. The van der Waals surface area contributed by atoms with Gasteiger partial charge in [-0.25, -0.2) is 0 Å². The van der Waals surface area contributed by atoms with Crippen molar-refractivity contribution in [2.45, 2.75) is 18.9 Å². The van der Waals surface area contributed by atoms with E-state index in [1.165, 1.54) is 25.9 Å². The van der Waals surface area contributed by atoms with Crippen molar-refractivity contribution >= 4 is 0 Å². The maximum atomic E-state index is 5.68. The van der Waals surface area contributed by atoms with Crippen LogP contribution in [0.15, 0.2) is 0 Å². The normalized spacial score (nSPS) is 25.5. The standard InChI is InChI=1S/C9H21N3/c1-11(2)6-7-12-5-3-4-9(12)8-10/h9H,3-8,10H2,1-2H3/t9-/m0/s1. The highest BCUT2D eigenvalue weighted by molar-refractivity contribution is 4.79. The molecule has 1 aliphatic heterocycles. The fraction of sp³-hybridized carbons (Fsp3) is 1.00. The molecular weight excluding hydrogens is 150 g/mol. The Morgan fingerprint density at radius 1 is 1.50 bits per heavy atom. The fourth-order valence-electron chi connectivity index (χ4n) is 1.78. The highest BCUT2D eigenvalue weighted by Crippen LogP contribution is 2.14. The minimum Gasteiger partial charge on any atom is -0.329 e. The molecule has 0 aromatic rings. The summed E-state index contributed by atoms with van der Waals surface area (Å²) in [5, 5.41) is 0. The van der Waals surface area contributed by atoms with Gasteiger partial charge in [0, 0.05) is 25.7 Å². The zero-order chi connectivity index (χ0) is 8.97. The van der Waals surface area contributed by atoms with Crippen molar-refractivity contribution < 1.29 is 0 Å². The monoisotopic (exact) mass is 171 g/mol. The summed E-state index contributed by atoms with van der Waals surface area (Å²) in [7, 11) is 4.24. The molecule has 0 unspecified atom stereocenters. The summed E-state index contributed by atoms with van der Waals surface area (Å²) in [5.41, 5.74) is 5.68. The lowest BCUT2D eigenvalue weighted by Gasteiger charge is -2.24. The Bertz CT molecular complexity index is 125. The van der Waals surface area contributed by atoms with E-state index in [1.807, 2.05) is 0 Å². The van der Waals surface area contributed by atoms with Gasteiger partial charge in [-0.05, 0) is 33.5 Å². The Labute approximate surface area is 75.5 Å². The Morgan fingerprint density at radius 3 is 2.83 bits per heavy atom. The number of likely N-dealkylation sites (N-methyl/N-ethyl adjacent to an activating group) is 1. The lowest BCUT2D eigenvalue weighted by Crippen LogP contribution is -2.39. The number of nitrogens with two attached hydrogens (primary N) is 1. The lowest BCUT2D eigenvalue weighted by molar-refractivity contribution is 0.229. The number of likely N-dealkylation sites (tertiary alicyclic amines) is 1. The predicted octanol–water partition coefficient (Wildman–Crippen LogP) is -0.0289. The molecule has 1 fully saturated rings. The summed E-state index contributed by atoms with van der Waals surface area (Å²) in [6, 6.07) is 0.657. The maximum Gasteiger partial charge on any atom is 0.0219 e. The lowest BCUT2D eigenvalue weighted by atomic mass is 10.2. The molecule has 1 rings (SSSR count). The van der Waals surface area contributed by atoms with E-state index in [2.05, 4.69) is 23.9 Å². The van der Waals surface area contributed by atoms with Crippen LogP contribution < -0.4 is 5.73 Å². The van der Waals surface area contributed by atoms with Crippen molar-refractivity contribution in [3.05, 3.63) is 0 Å². The first-order chi connectivity index (χ1) is 5.74. The van der Waals surface area contributed by atoms with Crippen LogP contribution in [0.1, 0.15) is 12.8 Å². The van der Waals surface area contributed by atoms with E-state index in [1.54, 1.807) is 0 Å². The van der Waals surface area contributed by atoms with E-state index in [0.29, 0.717) is 6.04 Å². The second kappa shape index (κ2) is 4.80. The summed E-state index contributed by atoms with van der Waals surface area (Å²) in [4.78, 5) is 4.74. The minimum atomic E-state index is 0.657. The van der Waals surface area contributed by atoms with Gasteiger partial charge in [0.1, 0.15) is 0 Å². The molecule has 1 atom stereocenters. The first kappa shape index (κ1) is 9.96. The van der Waals surface area contributed by atoms with Crippen LogP contribution in [0.25, 0.3) is 0 Å². The van der Waals surface area contributed by atoms with E-state index < -0.39 is 0 Å². The summed E-state index contributed by atoms with van der Waals surface area (Å²) in [5.74, 6) is 0. The van der Waals surface area contributed by atoms with E-state index in [9.17, 15) is 0 Å². The van der Waals surface area contributed by atoms with Crippen molar-refractivity contribution in [2.75, 3.05) is 40.3 Å². The Kier molecular flexibility index (Phi) is 3.98. The molecular formula is C9H21N3. The number of hydrogen-bond acceptors (Lipinski definition) is 3. The van der Waals surface area contributed by atoms with Gasteiger partial charge in [0.15, 0.2) is 0 Å². The van der Waals surface area contributed by atoms with Gasteiger partial charge in [-0.15, -0.1) is 0 Å². The Morgan fingerprint density at radius 2 is 2.25 bits per heavy atom. The van der Waals surface area contributed by atoms with Crippen LogP contribution in [0, 0.1) is 0 Å². The van der Waals surface area contributed by atoms with Gasteiger partial charge in [-0.3, -0.25) is 4.90 Å². The second-order valence-electron chi connectivity index (χ2n) is 3.87.